The predicted molar refractivity (Wildman–Crippen MR) is 96.1 cm³/mol. The molecule has 5 nitrogen and oxygen atoms in total. The lowest BCUT2D eigenvalue weighted by atomic mass is 10.2. The van der Waals surface area contributed by atoms with Crippen molar-refractivity contribution in [2.24, 2.45) is 0 Å². The summed E-state index contributed by atoms with van der Waals surface area (Å²) < 4.78 is 38.9. The van der Waals surface area contributed by atoms with Crippen LogP contribution < -0.4 is 4.31 Å². The van der Waals surface area contributed by atoms with E-state index in [1.807, 2.05) is 30.3 Å². The number of likely N-dealkylation sites (N-methyl/N-ethyl adjacent to an activating group) is 1. The second-order valence-electron chi connectivity index (χ2n) is 5.89. The van der Waals surface area contributed by atoms with Crippen molar-refractivity contribution < 1.29 is 17.6 Å². The summed E-state index contributed by atoms with van der Waals surface area (Å²) in [7, 11) is -2.16. The number of halogens is 1. The van der Waals surface area contributed by atoms with E-state index >= 15 is 0 Å². The van der Waals surface area contributed by atoms with E-state index in [-0.39, 0.29) is 11.6 Å². The molecule has 2 rings (SSSR count). The Hall–Kier alpha value is -2.41. The van der Waals surface area contributed by atoms with Gasteiger partial charge in [-0.05, 0) is 30.7 Å². The van der Waals surface area contributed by atoms with Gasteiger partial charge < -0.3 is 4.90 Å². The number of rotatable bonds is 6. The molecule has 1 atom stereocenters. The molecule has 2 aromatic rings. The van der Waals surface area contributed by atoms with E-state index < -0.39 is 21.9 Å². The quantitative estimate of drug-likeness (QED) is 0.792. The van der Waals surface area contributed by atoms with Crippen molar-refractivity contribution in [3.8, 4) is 0 Å². The molecule has 0 fully saturated rings. The lowest BCUT2D eigenvalue weighted by molar-refractivity contribution is -0.131. The van der Waals surface area contributed by atoms with Gasteiger partial charge >= 0.3 is 0 Å². The lowest BCUT2D eigenvalue weighted by Crippen LogP contribution is -2.48. The van der Waals surface area contributed by atoms with E-state index in [9.17, 15) is 17.6 Å². The third-order valence-corrected chi connectivity index (χ3v) is 5.01. The Bertz CT molecular complexity index is 840. The summed E-state index contributed by atoms with van der Waals surface area (Å²) in [6, 6.07) is 13.6. The average Bonchev–Trinajstić information content (AvgIpc) is 2.54. The van der Waals surface area contributed by atoms with E-state index in [1.165, 1.54) is 30.0 Å². The van der Waals surface area contributed by atoms with Crippen molar-refractivity contribution >= 4 is 21.6 Å². The zero-order chi connectivity index (χ0) is 18.6. The van der Waals surface area contributed by atoms with Crippen LogP contribution in [0.3, 0.4) is 0 Å². The van der Waals surface area contributed by atoms with Crippen LogP contribution >= 0.6 is 0 Å². The number of carbonyl (C=O) groups excluding carboxylic acids is 1. The molecule has 134 valence electrons. The molecule has 0 unspecified atom stereocenters. The molecule has 25 heavy (non-hydrogen) atoms. The van der Waals surface area contributed by atoms with Crippen molar-refractivity contribution in [3.63, 3.8) is 0 Å². The first-order valence-electron chi connectivity index (χ1n) is 7.74. The average molecular weight is 364 g/mol. The molecule has 2 aromatic carbocycles. The topological polar surface area (TPSA) is 57.7 Å². The van der Waals surface area contributed by atoms with Gasteiger partial charge in [-0.1, -0.05) is 36.4 Å². The van der Waals surface area contributed by atoms with E-state index in [0.29, 0.717) is 6.54 Å². The number of benzene rings is 2. The monoisotopic (exact) mass is 364 g/mol. The first kappa shape index (κ1) is 18.9. The minimum Gasteiger partial charge on any atom is -0.340 e. The maximum absolute atomic E-state index is 13.5. The van der Waals surface area contributed by atoms with Crippen molar-refractivity contribution in [1.29, 1.82) is 0 Å². The number of carbonyl (C=O) groups is 1. The molecule has 0 bridgehead atoms. The number of hydrogen-bond donors (Lipinski definition) is 0. The fourth-order valence-electron chi connectivity index (χ4n) is 2.67. The maximum Gasteiger partial charge on any atom is 0.246 e. The van der Waals surface area contributed by atoms with E-state index in [2.05, 4.69) is 0 Å². The van der Waals surface area contributed by atoms with Crippen LogP contribution in [0.4, 0.5) is 10.1 Å². The van der Waals surface area contributed by atoms with Gasteiger partial charge in [-0.3, -0.25) is 9.10 Å². The highest BCUT2D eigenvalue weighted by Crippen LogP contribution is 2.22. The molecule has 0 saturated heterocycles. The highest BCUT2D eigenvalue weighted by molar-refractivity contribution is 7.92. The number of hydrogen-bond acceptors (Lipinski definition) is 3. The molecule has 0 spiro atoms. The zero-order valence-electron chi connectivity index (χ0n) is 14.4. The number of nitrogens with zero attached hydrogens (tertiary/aromatic N) is 2. The molecular formula is C18H21FN2O3S. The molecule has 7 heteroatoms. The highest BCUT2D eigenvalue weighted by Gasteiger charge is 2.31. The minimum absolute atomic E-state index is 0.122. The summed E-state index contributed by atoms with van der Waals surface area (Å²) in [4.78, 5) is 14.2. The third kappa shape index (κ3) is 4.79. The summed E-state index contributed by atoms with van der Waals surface area (Å²) >= 11 is 0. The molecule has 0 aliphatic carbocycles. The lowest BCUT2D eigenvalue weighted by Gasteiger charge is -2.31. The van der Waals surface area contributed by atoms with Crippen molar-refractivity contribution in [3.05, 3.63) is 66.0 Å². The van der Waals surface area contributed by atoms with Gasteiger partial charge in [0.25, 0.3) is 0 Å². The van der Waals surface area contributed by atoms with Crippen LogP contribution in [-0.2, 0) is 21.4 Å². The summed E-state index contributed by atoms with van der Waals surface area (Å²) in [5.41, 5.74) is 1.05. The van der Waals surface area contributed by atoms with E-state index in [0.717, 1.165) is 22.2 Å². The number of amides is 1. The second-order valence-corrected chi connectivity index (χ2v) is 7.75. The molecular weight excluding hydrogens is 343 g/mol. The van der Waals surface area contributed by atoms with Crippen molar-refractivity contribution in [2.45, 2.75) is 19.5 Å². The molecule has 1 amide bonds. The van der Waals surface area contributed by atoms with Crippen molar-refractivity contribution in [1.82, 2.24) is 4.90 Å². The Kier molecular flexibility index (Phi) is 5.79. The summed E-state index contributed by atoms with van der Waals surface area (Å²) in [5, 5.41) is 0. The Morgan fingerprint density at radius 1 is 1.12 bits per heavy atom. The fourth-order valence-corrected chi connectivity index (χ4v) is 3.83. The Balaban J connectivity index is 2.27. The summed E-state index contributed by atoms with van der Waals surface area (Å²) in [5.74, 6) is -0.943. The van der Waals surface area contributed by atoms with Crippen LogP contribution in [0, 0.1) is 5.82 Å². The predicted octanol–water partition coefficient (Wildman–Crippen LogP) is 2.64. The molecule has 0 aliphatic rings. The molecule has 0 aromatic heterocycles. The zero-order valence-corrected chi connectivity index (χ0v) is 15.2. The van der Waals surface area contributed by atoms with E-state index in [4.69, 9.17) is 0 Å². The van der Waals surface area contributed by atoms with Crippen LogP contribution in [0.1, 0.15) is 12.5 Å². The van der Waals surface area contributed by atoms with Crippen LogP contribution in [0.5, 0.6) is 0 Å². The highest BCUT2D eigenvalue weighted by atomic mass is 32.2. The SMILES string of the molecule is C[C@H](C(=O)N(C)Cc1ccccc1)N(c1cccc(F)c1)S(C)(=O)=O. The van der Waals surface area contributed by atoms with Gasteiger partial charge in [0.1, 0.15) is 11.9 Å². The number of anilines is 1. The molecule has 0 N–H and O–H groups in total. The fraction of sp³-hybridized carbons (Fsp3) is 0.278. The van der Waals surface area contributed by atoms with Crippen LogP contribution in [-0.4, -0.2) is 38.6 Å². The summed E-state index contributed by atoms with van der Waals surface area (Å²) in [6.07, 6.45) is 0.999. The van der Waals surface area contributed by atoms with Crippen molar-refractivity contribution in [2.75, 3.05) is 17.6 Å². The van der Waals surface area contributed by atoms with Crippen LogP contribution in [0.2, 0.25) is 0 Å². The van der Waals surface area contributed by atoms with Gasteiger partial charge in [0.05, 0.1) is 11.9 Å². The number of sulfonamides is 1. The Labute approximate surface area is 147 Å². The largest absolute Gasteiger partial charge is 0.340 e. The Morgan fingerprint density at radius 3 is 2.32 bits per heavy atom. The van der Waals surface area contributed by atoms with Gasteiger partial charge in [0.2, 0.25) is 15.9 Å². The van der Waals surface area contributed by atoms with Gasteiger partial charge in [-0.25, -0.2) is 12.8 Å². The minimum atomic E-state index is -3.77. The first-order chi connectivity index (χ1) is 11.7. The Morgan fingerprint density at radius 2 is 1.76 bits per heavy atom. The van der Waals surface area contributed by atoms with E-state index in [1.54, 1.807) is 7.05 Å². The standard InChI is InChI=1S/C18H21FN2O3S/c1-14(18(22)20(2)13-15-8-5-4-6-9-15)21(25(3,23)24)17-11-7-10-16(19)12-17/h4-12,14H,13H2,1-3H3/t14-/m1/s1. The molecule has 0 saturated carbocycles. The normalized spacial score (nSPS) is 12.5. The van der Waals surface area contributed by atoms with Gasteiger partial charge in [0, 0.05) is 13.6 Å². The first-order valence-corrected chi connectivity index (χ1v) is 9.59. The van der Waals surface area contributed by atoms with Crippen LogP contribution in [0.15, 0.2) is 54.6 Å². The third-order valence-electron chi connectivity index (χ3n) is 3.77. The van der Waals surface area contributed by atoms with Gasteiger partial charge in [-0.2, -0.15) is 0 Å². The molecule has 0 aliphatic heterocycles. The molecule has 0 heterocycles. The van der Waals surface area contributed by atoms with Gasteiger partial charge in [-0.15, -0.1) is 0 Å². The molecule has 0 radical (unpaired) electrons. The second kappa shape index (κ2) is 7.65. The van der Waals surface area contributed by atoms with Gasteiger partial charge in [0.15, 0.2) is 0 Å². The summed E-state index contributed by atoms with van der Waals surface area (Å²) in [6.45, 7) is 1.85. The smallest absolute Gasteiger partial charge is 0.246 e. The van der Waals surface area contributed by atoms with Crippen LogP contribution in [0.25, 0.3) is 0 Å². The maximum atomic E-state index is 13.5.